The van der Waals surface area contributed by atoms with Crippen LogP contribution in [0.2, 0.25) is 0 Å². The fourth-order valence-corrected chi connectivity index (χ4v) is 2.56. The molecule has 3 nitrogen and oxygen atoms in total. The molecule has 104 valence electrons. The van der Waals surface area contributed by atoms with E-state index in [0.29, 0.717) is 6.54 Å². The first-order valence-electron chi connectivity index (χ1n) is 6.16. The number of aromatic nitrogens is 1. The van der Waals surface area contributed by atoms with Gasteiger partial charge in [-0.1, -0.05) is 6.92 Å². The maximum Gasteiger partial charge on any atom is 0.131 e. The van der Waals surface area contributed by atoms with E-state index in [-0.39, 0.29) is 17.7 Å². The highest BCUT2D eigenvalue weighted by atomic mass is 32.1. The number of benzene rings is 1. The minimum absolute atomic E-state index is 0.0174. The Morgan fingerprint density at radius 3 is 2.55 bits per heavy atom. The van der Waals surface area contributed by atoms with Gasteiger partial charge in [0, 0.05) is 29.7 Å². The maximum absolute atomic E-state index is 13.6. The molecule has 0 aliphatic heterocycles. The first-order valence-corrected chi connectivity index (χ1v) is 6.98. The van der Waals surface area contributed by atoms with Gasteiger partial charge in [0.25, 0.3) is 0 Å². The first kappa shape index (κ1) is 14.6. The lowest BCUT2D eigenvalue weighted by Crippen LogP contribution is -2.15. The lowest BCUT2D eigenvalue weighted by atomic mass is 10.1. The highest BCUT2D eigenvalue weighted by molar-refractivity contribution is 7.11. The average molecular weight is 293 g/mol. The third-order valence-electron chi connectivity index (χ3n) is 2.80. The zero-order valence-corrected chi connectivity index (χ0v) is 11.7. The molecule has 0 unspecified atom stereocenters. The average Bonchev–Trinajstić information content (AvgIpc) is 2.89. The first-order chi connectivity index (χ1) is 9.63. The Bertz CT molecular complexity index is 623. The number of nitriles is 1. The lowest BCUT2D eigenvalue weighted by Gasteiger charge is -2.06. The van der Waals surface area contributed by atoms with Crippen LogP contribution in [0.4, 0.5) is 8.78 Å². The number of thiazole rings is 1. The van der Waals surface area contributed by atoms with Crippen molar-refractivity contribution in [1.82, 2.24) is 10.3 Å². The molecule has 0 saturated carbocycles. The summed E-state index contributed by atoms with van der Waals surface area (Å²) in [5, 5.41) is 12.5. The van der Waals surface area contributed by atoms with E-state index in [1.165, 1.54) is 4.88 Å². The van der Waals surface area contributed by atoms with Crippen molar-refractivity contribution in [3.8, 4) is 6.07 Å². The summed E-state index contributed by atoms with van der Waals surface area (Å²) in [5.41, 5.74) is -0.0764. The van der Waals surface area contributed by atoms with Gasteiger partial charge in [-0.15, -0.1) is 11.3 Å². The molecule has 0 radical (unpaired) electrons. The van der Waals surface area contributed by atoms with E-state index in [0.717, 1.165) is 23.6 Å². The Morgan fingerprint density at radius 1 is 1.30 bits per heavy atom. The van der Waals surface area contributed by atoms with E-state index in [1.54, 1.807) is 17.4 Å². The number of nitrogens with one attached hydrogen (secondary N) is 1. The van der Waals surface area contributed by atoms with E-state index in [1.807, 2.05) is 13.1 Å². The highest BCUT2D eigenvalue weighted by Crippen LogP contribution is 2.16. The van der Waals surface area contributed by atoms with Crippen LogP contribution in [-0.4, -0.2) is 4.98 Å². The molecule has 2 aromatic rings. The summed E-state index contributed by atoms with van der Waals surface area (Å²) < 4.78 is 27.3. The summed E-state index contributed by atoms with van der Waals surface area (Å²) in [5.74, 6) is -1.41. The smallest absolute Gasteiger partial charge is 0.131 e. The third-order valence-corrected chi connectivity index (χ3v) is 3.94. The molecule has 0 aliphatic carbocycles. The second-order valence-corrected chi connectivity index (χ2v) is 5.41. The molecule has 1 N–H and O–H groups in total. The molecule has 0 saturated heterocycles. The van der Waals surface area contributed by atoms with Crippen LogP contribution in [0.5, 0.6) is 0 Å². The highest BCUT2D eigenvalue weighted by Gasteiger charge is 2.11. The van der Waals surface area contributed by atoms with Crippen LogP contribution in [-0.2, 0) is 19.5 Å². The third kappa shape index (κ3) is 3.38. The van der Waals surface area contributed by atoms with Gasteiger partial charge in [0.15, 0.2) is 0 Å². The second-order valence-electron chi connectivity index (χ2n) is 4.21. The van der Waals surface area contributed by atoms with Gasteiger partial charge < -0.3 is 5.32 Å². The summed E-state index contributed by atoms with van der Waals surface area (Å²) in [6, 6.07) is 3.80. The molecule has 20 heavy (non-hydrogen) atoms. The van der Waals surface area contributed by atoms with Crippen LogP contribution >= 0.6 is 11.3 Å². The largest absolute Gasteiger partial charge is 0.306 e. The van der Waals surface area contributed by atoms with Crippen molar-refractivity contribution in [2.75, 3.05) is 0 Å². The number of hydrogen-bond acceptors (Lipinski definition) is 4. The molecule has 0 fully saturated rings. The van der Waals surface area contributed by atoms with Crippen molar-refractivity contribution in [3.63, 3.8) is 0 Å². The Labute approximate surface area is 119 Å². The van der Waals surface area contributed by atoms with Crippen molar-refractivity contribution < 1.29 is 8.78 Å². The van der Waals surface area contributed by atoms with Gasteiger partial charge in [0.05, 0.1) is 11.6 Å². The minimum atomic E-state index is -0.706. The topological polar surface area (TPSA) is 48.7 Å². The van der Waals surface area contributed by atoms with E-state index < -0.39 is 11.6 Å². The molecule has 1 aromatic heterocycles. The summed E-state index contributed by atoms with van der Waals surface area (Å²) in [7, 11) is 0. The zero-order chi connectivity index (χ0) is 14.5. The Morgan fingerprint density at radius 2 is 2.00 bits per heavy atom. The van der Waals surface area contributed by atoms with Crippen LogP contribution < -0.4 is 5.32 Å². The number of hydrogen-bond donors (Lipinski definition) is 1. The van der Waals surface area contributed by atoms with Crippen LogP contribution in [0.1, 0.15) is 27.9 Å². The monoisotopic (exact) mass is 293 g/mol. The van der Waals surface area contributed by atoms with E-state index in [9.17, 15) is 8.78 Å². The van der Waals surface area contributed by atoms with Gasteiger partial charge in [-0.25, -0.2) is 13.8 Å². The molecule has 0 bridgehead atoms. The summed E-state index contributed by atoms with van der Waals surface area (Å²) in [6.07, 6.45) is 2.74. The molecule has 0 aliphatic rings. The molecule has 0 amide bonds. The van der Waals surface area contributed by atoms with Crippen molar-refractivity contribution in [3.05, 3.63) is 51.0 Å². The van der Waals surface area contributed by atoms with E-state index in [2.05, 4.69) is 10.3 Å². The van der Waals surface area contributed by atoms with Gasteiger partial charge in [-0.3, -0.25) is 0 Å². The van der Waals surface area contributed by atoms with E-state index in [4.69, 9.17) is 5.26 Å². The van der Waals surface area contributed by atoms with Crippen molar-refractivity contribution in [2.24, 2.45) is 0 Å². The summed E-state index contributed by atoms with van der Waals surface area (Å²) in [6.45, 7) is 2.57. The maximum atomic E-state index is 13.6. The molecule has 1 aromatic carbocycles. The Balaban J connectivity index is 1.99. The Hall–Kier alpha value is -1.84. The number of halogens is 2. The van der Waals surface area contributed by atoms with E-state index >= 15 is 0 Å². The lowest BCUT2D eigenvalue weighted by molar-refractivity contribution is 0.534. The van der Waals surface area contributed by atoms with Gasteiger partial charge in [0.2, 0.25) is 0 Å². The van der Waals surface area contributed by atoms with Gasteiger partial charge in [-0.05, 0) is 18.6 Å². The Kier molecular flexibility index (Phi) is 4.77. The van der Waals surface area contributed by atoms with Gasteiger partial charge in [0.1, 0.15) is 16.6 Å². The minimum Gasteiger partial charge on any atom is -0.306 e. The SMILES string of the molecule is CCc1cnc(CNCc2c(F)cc(C#N)cc2F)s1. The molecular weight excluding hydrogens is 280 g/mol. The number of rotatable bonds is 5. The summed E-state index contributed by atoms with van der Waals surface area (Å²) in [4.78, 5) is 5.39. The van der Waals surface area contributed by atoms with Crippen molar-refractivity contribution >= 4 is 11.3 Å². The summed E-state index contributed by atoms with van der Waals surface area (Å²) >= 11 is 1.58. The normalized spacial score (nSPS) is 10.5. The number of aryl methyl sites for hydroxylation is 1. The fourth-order valence-electron chi connectivity index (χ4n) is 1.72. The van der Waals surface area contributed by atoms with Crippen LogP contribution in [0, 0.1) is 23.0 Å². The molecule has 0 spiro atoms. The molecule has 1 heterocycles. The van der Waals surface area contributed by atoms with Crippen LogP contribution in [0.3, 0.4) is 0 Å². The van der Waals surface area contributed by atoms with Crippen LogP contribution in [0.15, 0.2) is 18.3 Å². The molecule has 6 heteroatoms. The molecular formula is C14H13F2N3S. The standard InChI is InChI=1S/C14H13F2N3S/c1-2-10-6-19-14(20-10)8-18-7-11-12(15)3-9(5-17)4-13(11)16/h3-4,6,18H,2,7-8H2,1H3. The van der Waals surface area contributed by atoms with Crippen molar-refractivity contribution in [1.29, 1.82) is 5.26 Å². The van der Waals surface area contributed by atoms with Gasteiger partial charge in [-0.2, -0.15) is 5.26 Å². The predicted molar refractivity (Wildman–Crippen MR) is 73.1 cm³/mol. The fraction of sp³-hybridized carbons (Fsp3) is 0.286. The zero-order valence-electron chi connectivity index (χ0n) is 10.9. The number of nitrogens with zero attached hydrogens (tertiary/aromatic N) is 2. The second kappa shape index (κ2) is 6.55. The van der Waals surface area contributed by atoms with Crippen molar-refractivity contribution in [2.45, 2.75) is 26.4 Å². The quantitative estimate of drug-likeness (QED) is 0.921. The molecule has 0 atom stereocenters. The van der Waals surface area contributed by atoms with Crippen LogP contribution in [0.25, 0.3) is 0 Å². The predicted octanol–water partition coefficient (Wildman–Crippen LogP) is 3.15. The molecule has 2 rings (SSSR count). The van der Waals surface area contributed by atoms with Gasteiger partial charge >= 0.3 is 0 Å².